The van der Waals surface area contributed by atoms with Crippen LogP contribution in [0.1, 0.15) is 33.7 Å². The van der Waals surface area contributed by atoms with Crippen LogP contribution < -0.4 is 10.9 Å². The maximum absolute atomic E-state index is 12.5. The third-order valence-electron chi connectivity index (χ3n) is 3.82. The summed E-state index contributed by atoms with van der Waals surface area (Å²) in [6, 6.07) is 3.10. The highest BCUT2D eigenvalue weighted by Gasteiger charge is 2.32. The van der Waals surface area contributed by atoms with Crippen molar-refractivity contribution in [3.8, 4) is 0 Å². The number of fused-ring (bicyclic) bond motifs is 1. The van der Waals surface area contributed by atoms with Crippen LogP contribution in [0.25, 0.3) is 0 Å². The van der Waals surface area contributed by atoms with Crippen molar-refractivity contribution < 1.29 is 18.0 Å². The lowest BCUT2D eigenvalue weighted by atomic mass is 9.92. The fourth-order valence-electron chi connectivity index (χ4n) is 2.63. The molecule has 0 aromatic carbocycles. The molecular weight excluding hydrogens is 325 g/mol. The maximum atomic E-state index is 12.5. The van der Waals surface area contributed by atoms with Gasteiger partial charge in [0.1, 0.15) is 5.69 Å². The van der Waals surface area contributed by atoms with Crippen LogP contribution in [0.3, 0.4) is 0 Å². The van der Waals surface area contributed by atoms with Crippen molar-refractivity contribution in [3.63, 3.8) is 0 Å². The highest BCUT2D eigenvalue weighted by atomic mass is 19.4. The van der Waals surface area contributed by atoms with Gasteiger partial charge >= 0.3 is 6.18 Å². The van der Waals surface area contributed by atoms with Crippen molar-refractivity contribution in [2.24, 2.45) is 0 Å². The summed E-state index contributed by atoms with van der Waals surface area (Å²) >= 11 is 0. The lowest BCUT2D eigenvalue weighted by molar-refractivity contribution is -0.141. The Labute approximate surface area is 134 Å². The van der Waals surface area contributed by atoms with E-state index in [4.69, 9.17) is 0 Å². The van der Waals surface area contributed by atoms with Crippen molar-refractivity contribution >= 4 is 5.91 Å². The Bertz CT molecular complexity index is 815. The summed E-state index contributed by atoms with van der Waals surface area (Å²) in [6.07, 6.45) is -1.95. The van der Waals surface area contributed by atoms with Crippen LogP contribution in [0.5, 0.6) is 0 Å². The van der Waals surface area contributed by atoms with Gasteiger partial charge < -0.3 is 5.32 Å². The van der Waals surface area contributed by atoms with Crippen LogP contribution in [-0.2, 0) is 19.0 Å². The summed E-state index contributed by atoms with van der Waals surface area (Å²) in [4.78, 5) is 26.7. The Morgan fingerprint density at radius 2 is 2.12 bits per heavy atom. The Morgan fingerprint density at radius 3 is 2.79 bits per heavy atom. The third kappa shape index (κ3) is 3.44. The van der Waals surface area contributed by atoms with Crippen molar-refractivity contribution in [1.29, 1.82) is 0 Å². The van der Waals surface area contributed by atoms with Gasteiger partial charge in [0.15, 0.2) is 0 Å². The minimum absolute atomic E-state index is 0.0535. The molecule has 1 amide bonds. The molecule has 1 atom stereocenters. The van der Waals surface area contributed by atoms with Crippen molar-refractivity contribution in [3.05, 3.63) is 57.3 Å². The van der Waals surface area contributed by atoms with Gasteiger partial charge in [0.25, 0.3) is 11.5 Å². The number of aryl methyl sites for hydroxylation is 1. The molecule has 24 heavy (non-hydrogen) atoms. The van der Waals surface area contributed by atoms with E-state index in [1.165, 1.54) is 6.07 Å². The zero-order valence-electron chi connectivity index (χ0n) is 12.4. The standard InChI is InChI=1S/C15H13F3N4O2/c16-15(17,18)12-4-1-8(7-19-12)14(24)20-10-2-3-11-9(5-10)6-13(23)22-21-11/h1,4,6-7,10H,2-3,5H2,(H,20,24)(H,22,23)/t10-/m0/s1. The lowest BCUT2D eigenvalue weighted by Gasteiger charge is -2.24. The molecule has 6 nitrogen and oxygen atoms in total. The molecule has 2 aromatic heterocycles. The van der Waals surface area contributed by atoms with Crippen LogP contribution in [0.2, 0.25) is 0 Å². The summed E-state index contributed by atoms with van der Waals surface area (Å²) in [5.41, 5.74) is 0.249. The number of rotatable bonds is 2. The van der Waals surface area contributed by atoms with Gasteiger partial charge in [-0.05, 0) is 37.0 Å². The summed E-state index contributed by atoms with van der Waals surface area (Å²) < 4.78 is 37.4. The average molecular weight is 338 g/mol. The molecule has 0 unspecified atom stereocenters. The van der Waals surface area contributed by atoms with Gasteiger partial charge in [-0.1, -0.05) is 0 Å². The van der Waals surface area contributed by atoms with Gasteiger partial charge in [-0.25, -0.2) is 5.10 Å². The number of amides is 1. The van der Waals surface area contributed by atoms with Gasteiger partial charge in [0.05, 0.1) is 11.3 Å². The Balaban J connectivity index is 1.68. The zero-order valence-corrected chi connectivity index (χ0v) is 12.4. The molecule has 3 rings (SSSR count). The van der Waals surface area contributed by atoms with E-state index >= 15 is 0 Å². The highest BCUT2D eigenvalue weighted by molar-refractivity contribution is 5.94. The Hall–Kier alpha value is -2.71. The van der Waals surface area contributed by atoms with Gasteiger partial charge in [0.2, 0.25) is 0 Å². The topological polar surface area (TPSA) is 87.7 Å². The zero-order chi connectivity index (χ0) is 17.3. The highest BCUT2D eigenvalue weighted by Crippen LogP contribution is 2.27. The van der Waals surface area contributed by atoms with Crippen molar-refractivity contribution in [2.75, 3.05) is 0 Å². The largest absolute Gasteiger partial charge is 0.433 e. The second kappa shape index (κ2) is 6.06. The molecule has 9 heteroatoms. The quantitative estimate of drug-likeness (QED) is 0.868. The molecule has 126 valence electrons. The van der Waals surface area contributed by atoms with Gasteiger partial charge in [-0.15, -0.1) is 0 Å². The van der Waals surface area contributed by atoms with Crippen LogP contribution in [-0.4, -0.2) is 27.1 Å². The minimum Gasteiger partial charge on any atom is -0.349 e. The van der Waals surface area contributed by atoms with E-state index in [0.717, 1.165) is 29.6 Å². The van der Waals surface area contributed by atoms with Gasteiger partial charge in [-0.3, -0.25) is 14.6 Å². The molecule has 2 N–H and O–H groups in total. The molecule has 2 aromatic rings. The van der Waals surface area contributed by atoms with Crippen molar-refractivity contribution in [1.82, 2.24) is 20.5 Å². The molecule has 0 spiro atoms. The number of carbonyl (C=O) groups is 1. The number of pyridine rings is 1. The molecule has 0 radical (unpaired) electrons. The first-order valence-corrected chi connectivity index (χ1v) is 7.24. The fraction of sp³-hybridized carbons (Fsp3) is 0.333. The number of carbonyl (C=O) groups excluding carboxylic acids is 1. The SMILES string of the molecule is O=C(N[C@H]1CCc2n[nH]c(=O)cc2C1)c1ccc(C(F)(F)F)nc1. The first-order chi connectivity index (χ1) is 11.3. The molecule has 0 aliphatic heterocycles. The number of nitrogens with zero attached hydrogens (tertiary/aromatic N) is 2. The van der Waals surface area contributed by atoms with Gasteiger partial charge in [0, 0.05) is 18.3 Å². The average Bonchev–Trinajstić information content (AvgIpc) is 2.53. The Morgan fingerprint density at radius 1 is 1.33 bits per heavy atom. The summed E-state index contributed by atoms with van der Waals surface area (Å²) in [5.74, 6) is -0.498. The normalized spacial score (nSPS) is 17.2. The number of nitrogens with one attached hydrogen (secondary N) is 2. The second-order valence-electron chi connectivity index (χ2n) is 5.55. The molecule has 0 saturated heterocycles. The summed E-state index contributed by atoms with van der Waals surface area (Å²) in [7, 11) is 0. The number of aromatic amines is 1. The third-order valence-corrected chi connectivity index (χ3v) is 3.82. The lowest BCUT2D eigenvalue weighted by Crippen LogP contribution is -2.39. The molecule has 1 aliphatic rings. The van der Waals surface area contributed by atoms with Crippen LogP contribution in [0, 0.1) is 0 Å². The van der Waals surface area contributed by atoms with E-state index in [0.29, 0.717) is 19.3 Å². The van der Waals surface area contributed by atoms with E-state index in [-0.39, 0.29) is 17.2 Å². The molecule has 1 aliphatic carbocycles. The molecule has 0 saturated carbocycles. The number of aromatic nitrogens is 3. The predicted molar refractivity (Wildman–Crippen MR) is 77.4 cm³/mol. The van der Waals surface area contributed by atoms with E-state index in [1.54, 1.807) is 0 Å². The first kappa shape index (κ1) is 16.2. The van der Waals surface area contributed by atoms with Crippen LogP contribution >= 0.6 is 0 Å². The molecule has 0 bridgehead atoms. The minimum atomic E-state index is -4.54. The maximum Gasteiger partial charge on any atom is 0.433 e. The predicted octanol–water partition coefficient (Wildman–Crippen LogP) is 1.47. The Kier molecular flexibility index (Phi) is 4.08. The molecular formula is C15H13F3N4O2. The van der Waals surface area contributed by atoms with E-state index in [2.05, 4.69) is 20.5 Å². The van der Waals surface area contributed by atoms with E-state index in [9.17, 15) is 22.8 Å². The van der Waals surface area contributed by atoms with Crippen LogP contribution in [0.15, 0.2) is 29.2 Å². The summed E-state index contributed by atoms with van der Waals surface area (Å²) in [5, 5.41) is 9.08. The second-order valence-corrected chi connectivity index (χ2v) is 5.55. The van der Waals surface area contributed by atoms with Crippen molar-refractivity contribution in [2.45, 2.75) is 31.5 Å². The number of alkyl halides is 3. The fourth-order valence-corrected chi connectivity index (χ4v) is 2.63. The first-order valence-electron chi connectivity index (χ1n) is 7.24. The van der Waals surface area contributed by atoms with Gasteiger partial charge in [-0.2, -0.15) is 18.3 Å². The number of H-pyrrole nitrogens is 1. The number of halogens is 3. The molecule has 0 fully saturated rings. The van der Waals surface area contributed by atoms with E-state index in [1.807, 2.05) is 0 Å². The smallest absolute Gasteiger partial charge is 0.349 e. The summed E-state index contributed by atoms with van der Waals surface area (Å²) in [6.45, 7) is 0. The monoisotopic (exact) mass is 338 g/mol. The number of hydrogen-bond donors (Lipinski definition) is 2. The van der Waals surface area contributed by atoms with Crippen LogP contribution in [0.4, 0.5) is 13.2 Å². The van der Waals surface area contributed by atoms with E-state index < -0.39 is 17.8 Å². The number of hydrogen-bond acceptors (Lipinski definition) is 4. The molecule has 2 heterocycles.